The van der Waals surface area contributed by atoms with Crippen molar-refractivity contribution >= 4 is 23.2 Å². The molecule has 2 rings (SSSR count). The van der Waals surface area contributed by atoms with E-state index >= 15 is 0 Å². The van der Waals surface area contributed by atoms with Gasteiger partial charge in [-0.1, -0.05) is 42.3 Å². The van der Waals surface area contributed by atoms with Crippen molar-refractivity contribution < 1.29 is 10.2 Å². The number of halogens is 2. The van der Waals surface area contributed by atoms with Crippen LogP contribution in [0.4, 0.5) is 0 Å². The fourth-order valence-electron chi connectivity index (χ4n) is 1.98. The fraction of sp³-hybridized carbons (Fsp3) is 0.200. The van der Waals surface area contributed by atoms with Gasteiger partial charge in [0, 0.05) is 0 Å². The highest BCUT2D eigenvalue weighted by Gasteiger charge is 2.10. The summed E-state index contributed by atoms with van der Waals surface area (Å²) < 4.78 is 0. The second kappa shape index (κ2) is 5.72. The molecule has 0 heterocycles. The van der Waals surface area contributed by atoms with Crippen LogP contribution >= 0.6 is 23.2 Å². The monoisotopic (exact) mass is 296 g/mol. The average molecular weight is 297 g/mol. The zero-order valence-electron chi connectivity index (χ0n) is 10.4. The highest BCUT2D eigenvalue weighted by Crippen LogP contribution is 2.30. The van der Waals surface area contributed by atoms with Crippen LogP contribution in [-0.2, 0) is 6.42 Å². The maximum atomic E-state index is 9.40. The second-order valence-corrected chi connectivity index (χ2v) is 5.42. The molecule has 0 radical (unpaired) electrons. The summed E-state index contributed by atoms with van der Waals surface area (Å²) in [5, 5.41) is 19.5. The summed E-state index contributed by atoms with van der Waals surface area (Å²) >= 11 is 11.8. The molecule has 0 spiro atoms. The first-order valence-corrected chi connectivity index (χ1v) is 6.69. The number of hydrogen-bond donors (Lipinski definition) is 2. The van der Waals surface area contributed by atoms with E-state index in [2.05, 4.69) is 6.92 Å². The minimum atomic E-state index is 0.0882. The Kier molecular flexibility index (Phi) is 4.23. The van der Waals surface area contributed by atoms with E-state index in [0.717, 1.165) is 17.5 Å². The molecule has 0 aliphatic rings. The lowest BCUT2D eigenvalue weighted by Crippen LogP contribution is -1.98. The van der Waals surface area contributed by atoms with E-state index in [1.165, 1.54) is 0 Å². The van der Waals surface area contributed by atoms with Crippen LogP contribution in [-0.4, -0.2) is 10.2 Å². The van der Waals surface area contributed by atoms with Crippen LogP contribution in [0, 0.1) is 0 Å². The van der Waals surface area contributed by atoms with Crippen LogP contribution in [0.3, 0.4) is 0 Å². The molecule has 2 N–H and O–H groups in total. The molecule has 0 bridgehead atoms. The molecule has 2 aromatic rings. The molecule has 0 saturated carbocycles. The number of phenols is 2. The van der Waals surface area contributed by atoms with E-state index in [-0.39, 0.29) is 17.4 Å². The molecule has 0 fully saturated rings. The third-order valence-electron chi connectivity index (χ3n) is 3.09. The van der Waals surface area contributed by atoms with Gasteiger partial charge >= 0.3 is 0 Å². The minimum absolute atomic E-state index is 0.0882. The van der Waals surface area contributed by atoms with Crippen LogP contribution in [0.1, 0.15) is 24.0 Å². The summed E-state index contributed by atoms with van der Waals surface area (Å²) in [6.45, 7) is 2.07. The zero-order chi connectivity index (χ0) is 14.0. The zero-order valence-corrected chi connectivity index (χ0v) is 11.9. The molecule has 100 valence electrons. The molecular formula is C15H14Cl2O2. The lowest BCUT2D eigenvalue weighted by Gasteiger charge is -2.13. The van der Waals surface area contributed by atoms with Crippen LogP contribution in [0.25, 0.3) is 0 Å². The smallest absolute Gasteiger partial charge is 0.134 e. The normalized spacial score (nSPS) is 12.4. The SMILES string of the molecule is CC(Cc1ccc(O)c(Cl)c1)c1ccc(O)c(Cl)c1. The Morgan fingerprint density at radius 1 is 0.947 bits per heavy atom. The van der Waals surface area contributed by atoms with Crippen molar-refractivity contribution in [2.45, 2.75) is 19.3 Å². The molecule has 19 heavy (non-hydrogen) atoms. The first kappa shape index (κ1) is 14.0. The summed E-state index contributed by atoms with van der Waals surface area (Å²) in [5.74, 6) is 0.412. The Labute approximate surface area is 122 Å². The molecule has 0 amide bonds. The van der Waals surface area contributed by atoms with Gasteiger partial charge in [-0.2, -0.15) is 0 Å². The number of phenolic OH excluding ortho intramolecular Hbond substituents is 2. The first-order valence-electron chi connectivity index (χ1n) is 5.93. The van der Waals surface area contributed by atoms with Gasteiger partial charge in [-0.3, -0.25) is 0 Å². The topological polar surface area (TPSA) is 40.5 Å². The Morgan fingerprint density at radius 3 is 2.11 bits per heavy atom. The number of benzene rings is 2. The predicted molar refractivity (Wildman–Crippen MR) is 78.4 cm³/mol. The van der Waals surface area contributed by atoms with Gasteiger partial charge in [-0.15, -0.1) is 0 Å². The summed E-state index contributed by atoms with van der Waals surface area (Å²) in [6.07, 6.45) is 0.779. The summed E-state index contributed by atoms with van der Waals surface area (Å²) in [5.41, 5.74) is 2.09. The van der Waals surface area contributed by atoms with E-state index in [0.29, 0.717) is 10.0 Å². The van der Waals surface area contributed by atoms with Gasteiger partial charge < -0.3 is 10.2 Å². The van der Waals surface area contributed by atoms with Crippen molar-refractivity contribution in [3.63, 3.8) is 0 Å². The van der Waals surface area contributed by atoms with Crippen LogP contribution < -0.4 is 0 Å². The van der Waals surface area contributed by atoms with Crippen molar-refractivity contribution in [2.75, 3.05) is 0 Å². The molecule has 4 heteroatoms. The van der Waals surface area contributed by atoms with Gasteiger partial charge in [0.1, 0.15) is 11.5 Å². The van der Waals surface area contributed by atoms with E-state index in [1.54, 1.807) is 24.3 Å². The fourth-order valence-corrected chi connectivity index (χ4v) is 2.37. The van der Waals surface area contributed by atoms with Gasteiger partial charge in [0.15, 0.2) is 0 Å². The largest absolute Gasteiger partial charge is 0.506 e. The second-order valence-electron chi connectivity index (χ2n) is 4.60. The Bertz CT molecular complexity index is 597. The van der Waals surface area contributed by atoms with Crippen molar-refractivity contribution in [2.24, 2.45) is 0 Å². The number of rotatable bonds is 3. The quantitative estimate of drug-likeness (QED) is 0.858. The molecule has 1 unspecified atom stereocenters. The molecule has 0 saturated heterocycles. The third kappa shape index (κ3) is 3.34. The highest BCUT2D eigenvalue weighted by atomic mass is 35.5. The van der Waals surface area contributed by atoms with Crippen molar-refractivity contribution in [3.8, 4) is 11.5 Å². The van der Waals surface area contributed by atoms with Gasteiger partial charge in [0.2, 0.25) is 0 Å². The molecule has 1 atom stereocenters. The predicted octanol–water partition coefficient (Wildman–Crippen LogP) is 4.75. The lowest BCUT2D eigenvalue weighted by molar-refractivity contribution is 0.474. The Morgan fingerprint density at radius 2 is 1.53 bits per heavy atom. The van der Waals surface area contributed by atoms with Crippen LogP contribution in [0.2, 0.25) is 10.0 Å². The first-order chi connectivity index (χ1) is 8.97. The molecule has 0 aliphatic carbocycles. The van der Waals surface area contributed by atoms with E-state index in [1.807, 2.05) is 12.1 Å². The third-order valence-corrected chi connectivity index (χ3v) is 3.70. The van der Waals surface area contributed by atoms with E-state index in [9.17, 15) is 10.2 Å². The van der Waals surface area contributed by atoms with Crippen molar-refractivity contribution in [3.05, 3.63) is 57.6 Å². The average Bonchev–Trinajstić information content (AvgIpc) is 2.37. The van der Waals surface area contributed by atoms with Crippen molar-refractivity contribution in [1.29, 1.82) is 0 Å². The van der Waals surface area contributed by atoms with Crippen molar-refractivity contribution in [1.82, 2.24) is 0 Å². The van der Waals surface area contributed by atoms with E-state index < -0.39 is 0 Å². The summed E-state index contributed by atoms with van der Waals surface area (Å²) in [7, 11) is 0. The molecule has 2 aromatic carbocycles. The summed E-state index contributed by atoms with van der Waals surface area (Å²) in [4.78, 5) is 0. The standard InChI is InChI=1S/C15H14Cl2O2/c1-9(11-3-5-15(19)13(17)8-11)6-10-2-4-14(18)12(16)7-10/h2-5,7-9,18-19H,6H2,1H3. The van der Waals surface area contributed by atoms with E-state index in [4.69, 9.17) is 23.2 Å². The minimum Gasteiger partial charge on any atom is -0.506 e. The number of aromatic hydroxyl groups is 2. The van der Waals surface area contributed by atoms with Gasteiger partial charge in [-0.25, -0.2) is 0 Å². The summed E-state index contributed by atoms with van der Waals surface area (Å²) in [6, 6.07) is 10.4. The maximum Gasteiger partial charge on any atom is 0.134 e. The molecule has 2 nitrogen and oxygen atoms in total. The van der Waals surface area contributed by atoms with Gasteiger partial charge in [0.25, 0.3) is 0 Å². The van der Waals surface area contributed by atoms with Gasteiger partial charge in [0.05, 0.1) is 10.0 Å². The van der Waals surface area contributed by atoms with Gasteiger partial charge in [-0.05, 0) is 47.7 Å². The number of hydrogen-bond acceptors (Lipinski definition) is 2. The Balaban J connectivity index is 2.17. The van der Waals surface area contributed by atoms with Crippen LogP contribution in [0.5, 0.6) is 11.5 Å². The van der Waals surface area contributed by atoms with Crippen LogP contribution in [0.15, 0.2) is 36.4 Å². The Hall–Kier alpha value is -1.38. The highest BCUT2D eigenvalue weighted by molar-refractivity contribution is 6.32. The lowest BCUT2D eigenvalue weighted by atomic mass is 9.93. The molecule has 0 aliphatic heterocycles. The maximum absolute atomic E-state index is 9.40. The molecule has 0 aromatic heterocycles. The molecular weight excluding hydrogens is 283 g/mol.